The van der Waals surface area contributed by atoms with Gasteiger partial charge in [-0.25, -0.2) is 4.79 Å². The quantitative estimate of drug-likeness (QED) is 0.243. The molecule has 2 N–H and O–H groups in total. The van der Waals surface area contributed by atoms with E-state index in [0.29, 0.717) is 50.5 Å². The molecule has 9 atom stereocenters. The van der Waals surface area contributed by atoms with Crippen LogP contribution in [0.4, 0.5) is 5.69 Å². The van der Waals surface area contributed by atoms with E-state index in [1.165, 1.54) is 6.92 Å². The van der Waals surface area contributed by atoms with Crippen LogP contribution in [0.25, 0.3) is 0 Å². The number of rotatable bonds is 8. The number of hydrogen-bond acceptors (Lipinski definition) is 9. The SMILES string of the molecule is C=C1C(=O)C23C(CCC1[C@H]2OC(=O)c1ccc(N(CCCl)CCCl)cc1)C12CO[C@@]3(O)[C@@H](O)[C@@H]1C(C)(C)CC[C@@H]2OC(C)=O. The highest BCUT2D eigenvalue weighted by Gasteiger charge is 2.88. The summed E-state index contributed by atoms with van der Waals surface area (Å²) in [6.07, 6.45) is -1.11. The van der Waals surface area contributed by atoms with Crippen molar-refractivity contribution in [2.45, 2.75) is 70.6 Å². The Balaban J connectivity index is 1.42. The van der Waals surface area contributed by atoms with Gasteiger partial charge in [-0.2, -0.15) is 0 Å². The smallest absolute Gasteiger partial charge is 0.338 e. The van der Waals surface area contributed by atoms with Crippen LogP contribution in [0.1, 0.15) is 56.8 Å². The molecule has 2 saturated heterocycles. The fourth-order valence-electron chi connectivity index (χ4n) is 9.95. The molecule has 7 rings (SSSR count). The van der Waals surface area contributed by atoms with Gasteiger partial charge in [0.05, 0.1) is 12.2 Å². The number of nitrogens with zero attached hydrogens (tertiary/aromatic N) is 1. The topological polar surface area (TPSA) is 123 Å². The maximum atomic E-state index is 14.4. The normalized spacial score (nSPS) is 39.8. The van der Waals surface area contributed by atoms with E-state index in [-0.39, 0.29) is 17.7 Å². The van der Waals surface area contributed by atoms with E-state index in [9.17, 15) is 24.6 Å². The van der Waals surface area contributed by atoms with Gasteiger partial charge in [0.25, 0.3) is 0 Å². The second-order valence-corrected chi connectivity index (χ2v) is 14.6. The number of halogens is 2. The molecule has 240 valence electrons. The van der Waals surface area contributed by atoms with Crippen molar-refractivity contribution in [1.29, 1.82) is 0 Å². The minimum atomic E-state index is -2.33. The standard InChI is InChI=1S/C33H41Cl2NO8/c1-18-22-9-10-23-31-17-42-33(41,27(39)25(31)30(3,4)12-11-24(31)43-19(2)37)32(23,26(18)38)28(22)44-29(40)20-5-7-21(8-6-20)36(15-13-34)16-14-35/h5-8,22-25,27-28,39,41H,1,9-17H2,2-4H3/t22?,23?,24-,25+,27-,28+,31?,32?,33-/m0/s1. The van der Waals surface area contributed by atoms with Crippen molar-refractivity contribution in [3.63, 3.8) is 0 Å². The second-order valence-electron chi connectivity index (χ2n) is 13.8. The van der Waals surface area contributed by atoms with Crippen LogP contribution in [0.5, 0.6) is 0 Å². The summed E-state index contributed by atoms with van der Waals surface area (Å²) in [5, 5.41) is 24.5. The lowest BCUT2D eigenvalue weighted by Crippen LogP contribution is -2.86. The molecule has 1 aromatic rings. The van der Waals surface area contributed by atoms with Crippen LogP contribution >= 0.6 is 23.2 Å². The van der Waals surface area contributed by atoms with E-state index in [0.717, 1.165) is 5.69 Å². The molecule has 4 saturated carbocycles. The Kier molecular flexibility index (Phi) is 7.93. The van der Waals surface area contributed by atoms with Gasteiger partial charge < -0.3 is 29.3 Å². The average molecular weight is 651 g/mol. The fraction of sp³-hybridized carbons (Fsp3) is 0.667. The summed E-state index contributed by atoms with van der Waals surface area (Å²) < 4.78 is 18.4. The number of aliphatic hydroxyl groups is 2. The number of anilines is 1. The third-order valence-electron chi connectivity index (χ3n) is 11.5. The molecule has 0 amide bonds. The molecule has 9 nitrogen and oxygen atoms in total. The molecule has 6 fully saturated rings. The van der Waals surface area contributed by atoms with Gasteiger partial charge in [-0.15, -0.1) is 23.2 Å². The van der Waals surface area contributed by atoms with Gasteiger partial charge in [0.2, 0.25) is 5.79 Å². The number of ketones is 1. The van der Waals surface area contributed by atoms with Crippen LogP contribution < -0.4 is 4.90 Å². The van der Waals surface area contributed by atoms with Gasteiger partial charge in [0.1, 0.15) is 23.7 Å². The van der Waals surface area contributed by atoms with Gasteiger partial charge in [-0.3, -0.25) is 9.59 Å². The van der Waals surface area contributed by atoms with Crippen molar-refractivity contribution in [2.24, 2.45) is 34.0 Å². The Morgan fingerprint density at radius 2 is 1.75 bits per heavy atom. The molecular weight excluding hydrogens is 609 g/mol. The first kappa shape index (κ1) is 31.8. The number of carbonyl (C=O) groups is 3. The zero-order valence-corrected chi connectivity index (χ0v) is 26.9. The van der Waals surface area contributed by atoms with E-state index in [1.54, 1.807) is 24.3 Å². The lowest BCUT2D eigenvalue weighted by Gasteiger charge is -2.74. The second kappa shape index (κ2) is 11.0. The van der Waals surface area contributed by atoms with E-state index in [1.807, 2.05) is 18.7 Å². The lowest BCUT2D eigenvalue weighted by atomic mass is 9.35. The molecule has 4 unspecified atom stereocenters. The minimum absolute atomic E-state index is 0.00662. The third-order valence-corrected chi connectivity index (χ3v) is 11.9. The average Bonchev–Trinajstić information content (AvgIpc) is 3.09. The molecule has 0 aromatic heterocycles. The van der Waals surface area contributed by atoms with Crippen molar-refractivity contribution in [1.82, 2.24) is 0 Å². The van der Waals surface area contributed by atoms with E-state index >= 15 is 0 Å². The molecule has 0 radical (unpaired) electrons. The molecule has 2 aliphatic heterocycles. The van der Waals surface area contributed by atoms with Crippen molar-refractivity contribution in [3.05, 3.63) is 42.0 Å². The largest absolute Gasteiger partial charge is 0.462 e. The van der Waals surface area contributed by atoms with Crippen LogP contribution in [-0.2, 0) is 23.8 Å². The number of carbonyl (C=O) groups excluding carboxylic acids is 3. The Bertz CT molecular complexity index is 1360. The zero-order valence-electron chi connectivity index (χ0n) is 25.4. The summed E-state index contributed by atoms with van der Waals surface area (Å²) in [6.45, 7) is 10.7. The summed E-state index contributed by atoms with van der Waals surface area (Å²) >= 11 is 11.9. The maximum absolute atomic E-state index is 14.4. The van der Waals surface area contributed by atoms with Crippen LogP contribution in [0.15, 0.2) is 36.4 Å². The van der Waals surface area contributed by atoms with Gasteiger partial charge in [-0.1, -0.05) is 20.4 Å². The number of fused-ring (bicyclic) bond motifs is 2. The van der Waals surface area contributed by atoms with Crippen molar-refractivity contribution < 1.29 is 38.8 Å². The predicted octanol–water partition coefficient (Wildman–Crippen LogP) is 4.10. The first-order valence-electron chi connectivity index (χ1n) is 15.4. The van der Waals surface area contributed by atoms with Gasteiger partial charge >= 0.3 is 11.9 Å². The van der Waals surface area contributed by atoms with Crippen LogP contribution in [0.2, 0.25) is 0 Å². The van der Waals surface area contributed by atoms with Crippen LogP contribution in [-0.4, -0.2) is 83.5 Å². The number of hydrogen-bond donors (Lipinski definition) is 2. The first-order chi connectivity index (χ1) is 20.8. The number of alkyl halides is 2. The first-order valence-corrected chi connectivity index (χ1v) is 16.5. The Labute approximate surface area is 267 Å². The maximum Gasteiger partial charge on any atom is 0.338 e. The predicted molar refractivity (Wildman–Crippen MR) is 163 cm³/mol. The number of benzene rings is 1. The lowest BCUT2D eigenvalue weighted by molar-refractivity contribution is -0.457. The zero-order chi connectivity index (χ0) is 31.8. The molecule has 2 spiro atoms. The van der Waals surface area contributed by atoms with Gasteiger partial charge in [0, 0.05) is 54.7 Å². The molecule has 2 heterocycles. The molecule has 4 bridgehead atoms. The summed E-state index contributed by atoms with van der Waals surface area (Å²) in [7, 11) is 0. The number of aliphatic hydroxyl groups excluding tert-OH is 1. The molecule has 11 heteroatoms. The molecule has 6 aliphatic rings. The van der Waals surface area contributed by atoms with Gasteiger partial charge in [-0.05, 0) is 66.9 Å². The number of esters is 2. The van der Waals surface area contributed by atoms with Crippen molar-refractivity contribution in [2.75, 3.05) is 36.4 Å². The summed E-state index contributed by atoms with van der Waals surface area (Å²) in [6, 6.07) is 6.87. The Morgan fingerprint density at radius 1 is 1.09 bits per heavy atom. The van der Waals surface area contributed by atoms with Crippen molar-refractivity contribution in [3.8, 4) is 0 Å². The Hall–Kier alpha value is -2.17. The number of ether oxygens (including phenoxy) is 3. The summed E-state index contributed by atoms with van der Waals surface area (Å²) in [5.41, 5.74) is -1.88. The van der Waals surface area contributed by atoms with E-state index < -0.39 is 75.8 Å². The minimum Gasteiger partial charge on any atom is -0.462 e. The highest BCUT2D eigenvalue weighted by Crippen LogP contribution is 2.77. The highest BCUT2D eigenvalue weighted by atomic mass is 35.5. The Morgan fingerprint density at radius 3 is 2.36 bits per heavy atom. The summed E-state index contributed by atoms with van der Waals surface area (Å²) in [4.78, 5) is 42.6. The molecule has 1 aromatic carbocycles. The highest BCUT2D eigenvalue weighted by molar-refractivity contribution is 6.18. The summed E-state index contributed by atoms with van der Waals surface area (Å²) in [5.74, 6) is -4.75. The van der Waals surface area contributed by atoms with E-state index in [4.69, 9.17) is 37.4 Å². The molecule has 44 heavy (non-hydrogen) atoms. The fourth-order valence-corrected chi connectivity index (χ4v) is 10.4. The van der Waals surface area contributed by atoms with Crippen LogP contribution in [0.3, 0.4) is 0 Å². The van der Waals surface area contributed by atoms with Gasteiger partial charge in [0.15, 0.2) is 5.78 Å². The molecule has 4 aliphatic carbocycles. The van der Waals surface area contributed by atoms with Crippen molar-refractivity contribution >= 4 is 46.6 Å². The van der Waals surface area contributed by atoms with E-state index in [2.05, 4.69) is 6.58 Å². The number of Topliss-reactive ketones (excluding diaryl/α,β-unsaturated/α-hetero) is 1. The van der Waals surface area contributed by atoms with Crippen LogP contribution in [0, 0.1) is 34.0 Å². The molecular formula is C33H41Cl2NO8. The monoisotopic (exact) mass is 649 g/mol. The third kappa shape index (κ3) is 4.11.